The monoisotopic (exact) mass is 542 g/mol. The van der Waals surface area contributed by atoms with E-state index in [4.69, 9.17) is 15.2 Å². The molecule has 1 aliphatic rings. The molecule has 0 radical (unpaired) electrons. The number of anilines is 1. The number of Topliss-reactive ketones (excluding diaryl/α,β-unsaturated/α-hetero) is 1. The Balaban J connectivity index is 2.67. The van der Waals surface area contributed by atoms with Crippen LogP contribution < -0.4 is 16.5 Å². The number of ether oxygens (including phenoxy) is 2. The summed E-state index contributed by atoms with van der Waals surface area (Å²) >= 11 is 3.28. The number of ketones is 1. The quantitative estimate of drug-likeness (QED) is 0.148. The molecule has 1 atom stereocenters. The molecule has 1 aliphatic heterocycles. The number of amides is 1. The number of carbonyl (C=O) groups excluding carboxylic acids is 4. The molecule has 1 aromatic rings. The molecule has 35 heavy (non-hydrogen) atoms. The number of nitrogens with two attached hydrogens (primary N) is 1. The van der Waals surface area contributed by atoms with Crippen LogP contribution in [0, 0.1) is 28.6 Å². The number of piperidine rings is 1. The fraction of sp³-hybridized carbons (Fsp3) is 0.227. The average molecular weight is 543 g/mol. The highest BCUT2D eigenvalue weighted by Gasteiger charge is 2.43. The molecule has 0 bridgehead atoms. The van der Waals surface area contributed by atoms with Gasteiger partial charge in [0.15, 0.2) is 16.9 Å². The Morgan fingerprint density at radius 3 is 2.26 bits per heavy atom. The van der Waals surface area contributed by atoms with E-state index in [1.54, 1.807) is 30.3 Å². The first-order valence-electron chi connectivity index (χ1n) is 10.0. The van der Waals surface area contributed by atoms with E-state index in [0.717, 1.165) is 4.47 Å². The van der Waals surface area contributed by atoms with Crippen molar-refractivity contribution in [2.24, 2.45) is 16.8 Å². The second kappa shape index (κ2) is 12.1. The first-order chi connectivity index (χ1) is 16.7. The Kier molecular flexibility index (Phi) is 9.26. The van der Waals surface area contributed by atoms with Crippen LogP contribution in [0.5, 0.6) is 0 Å². The second-order valence-corrected chi connectivity index (χ2v) is 7.53. The maximum Gasteiger partial charge on any atom is 0.351 e. The second-order valence-electron chi connectivity index (χ2n) is 6.61. The first-order valence-corrected chi connectivity index (χ1v) is 10.8. The van der Waals surface area contributed by atoms with Crippen molar-refractivity contribution in [3.05, 3.63) is 51.3 Å². The number of benzene rings is 1. The van der Waals surface area contributed by atoms with Crippen LogP contribution >= 0.6 is 15.9 Å². The number of nitriles is 2. The minimum Gasteiger partial charge on any atom is -0.462 e. The van der Waals surface area contributed by atoms with E-state index in [9.17, 15) is 29.7 Å². The van der Waals surface area contributed by atoms with E-state index in [-0.39, 0.29) is 13.2 Å². The third-order valence-corrected chi connectivity index (χ3v) is 4.94. The molecule has 1 saturated heterocycles. The molecule has 0 aromatic heterocycles. The number of hydrazone groups is 1. The van der Waals surface area contributed by atoms with Crippen molar-refractivity contribution in [1.82, 2.24) is 5.32 Å². The lowest BCUT2D eigenvalue weighted by atomic mass is 9.87. The molecule has 2 rings (SSSR count). The lowest BCUT2D eigenvalue weighted by molar-refractivity contribution is -0.139. The van der Waals surface area contributed by atoms with Crippen LogP contribution in [0.25, 0.3) is 0 Å². The van der Waals surface area contributed by atoms with Gasteiger partial charge < -0.3 is 20.5 Å². The summed E-state index contributed by atoms with van der Waals surface area (Å²) in [7, 11) is 0. The Bertz CT molecular complexity index is 1240. The van der Waals surface area contributed by atoms with Crippen molar-refractivity contribution < 1.29 is 28.7 Å². The highest BCUT2D eigenvalue weighted by Crippen LogP contribution is 2.23. The molecule has 180 valence electrons. The highest BCUT2D eigenvalue weighted by atomic mass is 79.9. The molecule has 1 aromatic carbocycles. The lowest BCUT2D eigenvalue weighted by Crippen LogP contribution is -2.51. The maximum absolute atomic E-state index is 13.4. The SMILES string of the molecule is CCOC(=O)/C(C#N)=C1/NC(=O)C(/C(N)=C(/C#N)C(=O)OCC)C(=O)/C1=N/Nc1ccc(Br)cc1. The number of hydrogen-bond acceptors (Lipinski definition) is 11. The smallest absolute Gasteiger partial charge is 0.351 e. The summed E-state index contributed by atoms with van der Waals surface area (Å²) in [5.74, 6) is -6.23. The van der Waals surface area contributed by atoms with Crippen LogP contribution in [0.1, 0.15) is 13.8 Å². The molecule has 1 heterocycles. The van der Waals surface area contributed by atoms with E-state index < -0.39 is 57.8 Å². The summed E-state index contributed by atoms with van der Waals surface area (Å²) in [5.41, 5.74) is 5.75. The Hall–Kier alpha value is -4.49. The van der Waals surface area contributed by atoms with Gasteiger partial charge in [-0.3, -0.25) is 15.0 Å². The third-order valence-electron chi connectivity index (χ3n) is 4.42. The molecule has 12 nitrogen and oxygen atoms in total. The zero-order valence-electron chi connectivity index (χ0n) is 18.5. The van der Waals surface area contributed by atoms with Gasteiger partial charge in [-0.15, -0.1) is 0 Å². The molecule has 1 fully saturated rings. The zero-order chi connectivity index (χ0) is 26.1. The number of halogens is 1. The minimum atomic E-state index is -1.86. The van der Waals surface area contributed by atoms with E-state index in [2.05, 4.69) is 31.8 Å². The number of allylic oxidation sites excluding steroid dienone is 1. The van der Waals surface area contributed by atoms with Gasteiger partial charge in [-0.1, -0.05) is 15.9 Å². The minimum absolute atomic E-state index is 0.0772. The maximum atomic E-state index is 13.4. The highest BCUT2D eigenvalue weighted by molar-refractivity contribution is 9.10. The predicted molar refractivity (Wildman–Crippen MR) is 125 cm³/mol. The van der Waals surface area contributed by atoms with Gasteiger partial charge >= 0.3 is 11.9 Å². The van der Waals surface area contributed by atoms with E-state index in [0.29, 0.717) is 5.69 Å². The molecule has 0 saturated carbocycles. The van der Waals surface area contributed by atoms with Crippen molar-refractivity contribution in [1.29, 1.82) is 10.5 Å². The lowest BCUT2D eigenvalue weighted by Gasteiger charge is -2.25. The van der Waals surface area contributed by atoms with Crippen LogP contribution in [0.15, 0.2) is 56.4 Å². The Morgan fingerprint density at radius 2 is 1.71 bits per heavy atom. The summed E-state index contributed by atoms with van der Waals surface area (Å²) in [5, 5.41) is 25.1. The summed E-state index contributed by atoms with van der Waals surface area (Å²) in [6.45, 7) is 2.85. The molecule has 1 amide bonds. The largest absolute Gasteiger partial charge is 0.462 e. The number of rotatable bonds is 7. The standard InChI is InChI=1S/C22H19BrN6O6/c1-3-34-21(32)13(9-24)16(26)15-19(30)18(29-28-12-7-5-11(23)6-8-12)17(27-20(15)31)14(10-25)22(33)35-4-2/h5-8,15,28H,3-4,26H2,1-2H3,(H,27,31)/b16-13+,17-14+,29-18+. The molecular formula is C22H19BrN6O6. The Labute approximate surface area is 208 Å². The fourth-order valence-electron chi connectivity index (χ4n) is 2.84. The zero-order valence-corrected chi connectivity index (χ0v) is 20.1. The van der Waals surface area contributed by atoms with E-state index in [1.165, 1.54) is 19.9 Å². The Morgan fingerprint density at radius 1 is 1.11 bits per heavy atom. The van der Waals surface area contributed by atoms with E-state index in [1.807, 2.05) is 0 Å². The van der Waals surface area contributed by atoms with Gasteiger partial charge in [0, 0.05) is 4.47 Å². The normalized spacial score (nSPS) is 18.4. The van der Waals surface area contributed by atoms with Crippen molar-refractivity contribution in [2.75, 3.05) is 18.6 Å². The van der Waals surface area contributed by atoms with Crippen LogP contribution in [0.3, 0.4) is 0 Å². The number of nitrogens with one attached hydrogen (secondary N) is 2. The average Bonchev–Trinajstić information content (AvgIpc) is 2.81. The number of hydrogen-bond donors (Lipinski definition) is 3. The molecule has 1 unspecified atom stereocenters. The van der Waals surface area contributed by atoms with Gasteiger partial charge in [-0.2, -0.15) is 15.6 Å². The van der Waals surface area contributed by atoms with Crippen molar-refractivity contribution in [3.8, 4) is 12.1 Å². The van der Waals surface area contributed by atoms with Gasteiger partial charge in [0.05, 0.1) is 30.3 Å². The summed E-state index contributed by atoms with van der Waals surface area (Å²) < 4.78 is 10.4. The van der Waals surface area contributed by atoms with Crippen molar-refractivity contribution >= 4 is 51.0 Å². The number of carbonyl (C=O) groups is 4. The van der Waals surface area contributed by atoms with Gasteiger partial charge in [0.2, 0.25) is 11.7 Å². The van der Waals surface area contributed by atoms with Crippen LogP contribution in [-0.4, -0.2) is 42.6 Å². The first kappa shape index (κ1) is 26.8. The van der Waals surface area contributed by atoms with E-state index >= 15 is 0 Å². The van der Waals surface area contributed by atoms with Crippen molar-refractivity contribution in [2.45, 2.75) is 13.8 Å². The van der Waals surface area contributed by atoms with Gasteiger partial charge in [-0.25, -0.2) is 9.59 Å². The summed E-state index contributed by atoms with van der Waals surface area (Å²) in [6.07, 6.45) is 0. The third kappa shape index (κ3) is 6.10. The summed E-state index contributed by atoms with van der Waals surface area (Å²) in [6, 6.07) is 9.73. The summed E-state index contributed by atoms with van der Waals surface area (Å²) in [4.78, 5) is 50.6. The van der Waals surface area contributed by atoms with Crippen LogP contribution in [-0.2, 0) is 28.7 Å². The van der Waals surface area contributed by atoms with Crippen LogP contribution in [0.2, 0.25) is 0 Å². The van der Waals surface area contributed by atoms with Crippen molar-refractivity contribution in [3.63, 3.8) is 0 Å². The van der Waals surface area contributed by atoms with Gasteiger partial charge in [-0.05, 0) is 38.1 Å². The molecule has 0 spiro atoms. The predicted octanol–water partition coefficient (Wildman–Crippen LogP) is 1.17. The van der Waals surface area contributed by atoms with Gasteiger partial charge in [0.1, 0.15) is 18.1 Å². The molecular weight excluding hydrogens is 524 g/mol. The molecule has 0 aliphatic carbocycles. The number of nitrogens with zero attached hydrogens (tertiary/aromatic N) is 3. The molecule has 4 N–H and O–H groups in total. The number of esters is 2. The van der Waals surface area contributed by atoms with Gasteiger partial charge in [0.25, 0.3) is 0 Å². The molecule has 13 heteroatoms. The topological polar surface area (TPSA) is 197 Å². The van der Waals surface area contributed by atoms with Crippen LogP contribution in [0.4, 0.5) is 5.69 Å². The fourth-order valence-corrected chi connectivity index (χ4v) is 3.10.